The number of carbonyl (C=O) groups excluding carboxylic acids is 4. The van der Waals surface area contributed by atoms with Crippen molar-refractivity contribution in [2.24, 2.45) is 0 Å². The number of fused-ring (bicyclic) bond motifs is 2. The van der Waals surface area contributed by atoms with E-state index in [0.717, 1.165) is 88.8 Å². The van der Waals surface area contributed by atoms with E-state index in [9.17, 15) is 36.7 Å². The fourth-order valence-corrected chi connectivity index (χ4v) is 9.29. The third-order valence-corrected chi connectivity index (χ3v) is 13.1. The number of ketones is 1. The summed E-state index contributed by atoms with van der Waals surface area (Å²) in [7, 11) is 0. The number of halogens is 6. The summed E-state index contributed by atoms with van der Waals surface area (Å²) in [6.45, 7) is 2.05. The lowest BCUT2D eigenvalue weighted by atomic mass is 10.1. The molecule has 69 heavy (non-hydrogen) atoms. The van der Waals surface area contributed by atoms with Crippen LogP contribution in [0.4, 0.5) is 47.3 Å². The van der Waals surface area contributed by atoms with Crippen molar-refractivity contribution in [2.45, 2.75) is 103 Å². The fourth-order valence-electron chi connectivity index (χ4n) is 9.29. The van der Waals surface area contributed by atoms with Crippen molar-refractivity contribution in [1.82, 2.24) is 25.3 Å². The van der Waals surface area contributed by atoms with E-state index in [-0.39, 0.29) is 47.7 Å². The van der Waals surface area contributed by atoms with Crippen molar-refractivity contribution in [2.75, 3.05) is 42.5 Å². The lowest BCUT2D eigenvalue weighted by Gasteiger charge is -2.33. The Bertz CT molecular complexity index is 2670. The molecule has 12 nitrogen and oxygen atoms in total. The predicted octanol–water partition coefficient (Wildman–Crippen LogP) is 10.4. The van der Waals surface area contributed by atoms with Crippen molar-refractivity contribution < 1.29 is 49.9 Å². The molecule has 4 aromatic carbocycles. The Morgan fingerprint density at radius 2 is 1.10 bits per heavy atom. The first-order valence-corrected chi connectivity index (χ1v) is 23.5. The maximum Gasteiger partial charge on any atom is 0.324 e. The molecule has 9 rings (SSSR count). The average molecular weight is 958 g/mol. The van der Waals surface area contributed by atoms with Crippen LogP contribution in [0.3, 0.4) is 0 Å². The highest BCUT2D eigenvalue weighted by molar-refractivity contribution is 5.99. The second-order valence-corrected chi connectivity index (χ2v) is 17.7. The number of urea groups is 2. The van der Waals surface area contributed by atoms with Crippen molar-refractivity contribution in [3.8, 4) is 11.5 Å². The van der Waals surface area contributed by atoms with Gasteiger partial charge in [-0.2, -0.15) is 17.6 Å². The van der Waals surface area contributed by atoms with Gasteiger partial charge >= 0.3 is 24.9 Å². The van der Waals surface area contributed by atoms with Crippen molar-refractivity contribution in [3.05, 3.63) is 129 Å². The first-order chi connectivity index (χ1) is 33.3. The Hall–Kier alpha value is -6.72. The van der Waals surface area contributed by atoms with E-state index in [1.807, 2.05) is 40.5 Å². The second kappa shape index (κ2) is 22.1. The number of nitrogens with one attached hydrogen (secondary N) is 1. The molecule has 1 N–H and O–H groups in total. The van der Waals surface area contributed by atoms with Crippen LogP contribution in [-0.2, 0) is 43.6 Å². The number of likely N-dealkylation sites (tertiary alicyclic amines) is 2. The van der Waals surface area contributed by atoms with Crippen LogP contribution in [0.2, 0.25) is 0 Å². The maximum absolute atomic E-state index is 15.1. The Labute approximate surface area is 395 Å². The number of carbonyl (C=O) groups is 4. The fraction of sp³-hybridized carbons (Fsp3) is 0.412. The van der Waals surface area contributed by atoms with Crippen LogP contribution in [0, 0.1) is 11.6 Å². The van der Waals surface area contributed by atoms with Gasteiger partial charge in [0.15, 0.2) is 5.78 Å². The van der Waals surface area contributed by atoms with E-state index in [4.69, 9.17) is 4.42 Å². The maximum atomic E-state index is 15.1. The van der Waals surface area contributed by atoms with E-state index in [1.165, 1.54) is 52.6 Å². The molecule has 3 heterocycles. The van der Waals surface area contributed by atoms with E-state index in [1.54, 1.807) is 14.7 Å². The molecule has 0 atom stereocenters. The zero-order valence-corrected chi connectivity index (χ0v) is 38.0. The number of amides is 5. The largest absolute Gasteiger partial charge is 0.415 e. The van der Waals surface area contributed by atoms with Crippen LogP contribution in [-0.4, -0.2) is 82.9 Å². The van der Waals surface area contributed by atoms with Gasteiger partial charge in [-0.15, -0.1) is 10.2 Å². The predicted molar refractivity (Wildman–Crippen MR) is 245 cm³/mol. The number of rotatable bonds is 12. The highest BCUT2D eigenvalue weighted by atomic mass is 19.3. The molecule has 364 valence electrons. The Morgan fingerprint density at radius 1 is 0.594 bits per heavy atom. The van der Waals surface area contributed by atoms with Crippen molar-refractivity contribution in [3.63, 3.8) is 0 Å². The molecule has 0 radical (unpaired) electrons. The van der Waals surface area contributed by atoms with Gasteiger partial charge in [0.2, 0.25) is 5.89 Å². The lowest BCUT2D eigenvalue weighted by Crippen LogP contribution is -2.45. The van der Waals surface area contributed by atoms with E-state index < -0.39 is 48.6 Å². The van der Waals surface area contributed by atoms with Gasteiger partial charge in [0.05, 0.1) is 19.6 Å². The van der Waals surface area contributed by atoms with Gasteiger partial charge in [-0.25, -0.2) is 18.4 Å². The molecule has 18 heteroatoms. The zero-order chi connectivity index (χ0) is 48.6. The Morgan fingerprint density at radius 3 is 1.58 bits per heavy atom. The summed E-state index contributed by atoms with van der Waals surface area (Å²) >= 11 is 0. The number of aryl methyl sites for hydroxylation is 4. The molecule has 0 bridgehead atoms. The van der Waals surface area contributed by atoms with Crippen molar-refractivity contribution in [1.29, 1.82) is 0 Å². The van der Waals surface area contributed by atoms with Crippen LogP contribution < -0.4 is 15.1 Å². The minimum atomic E-state index is -3.23. The second-order valence-electron chi connectivity index (χ2n) is 17.7. The van der Waals surface area contributed by atoms with E-state index >= 15 is 8.78 Å². The van der Waals surface area contributed by atoms with Gasteiger partial charge < -0.3 is 19.5 Å². The molecular formula is C51H53F6N7O5. The smallest absolute Gasteiger partial charge is 0.324 e. The molecule has 1 aromatic heterocycles. The van der Waals surface area contributed by atoms with Gasteiger partial charge in [-0.05, 0) is 142 Å². The van der Waals surface area contributed by atoms with Gasteiger partial charge in [-0.3, -0.25) is 19.4 Å². The molecule has 2 fully saturated rings. The lowest BCUT2D eigenvalue weighted by molar-refractivity contribution is -0.131. The summed E-state index contributed by atoms with van der Waals surface area (Å²) in [6.07, 6.45) is 5.95. The number of piperidine rings is 2. The third-order valence-electron chi connectivity index (χ3n) is 13.1. The number of anilines is 2. The van der Waals surface area contributed by atoms with Gasteiger partial charge in [0.25, 0.3) is 11.8 Å². The van der Waals surface area contributed by atoms with Gasteiger partial charge in [0, 0.05) is 59.8 Å². The molecule has 2 aliphatic heterocycles. The molecule has 4 aliphatic rings. The molecule has 2 saturated heterocycles. The monoisotopic (exact) mass is 957 g/mol. The summed E-state index contributed by atoms with van der Waals surface area (Å²) in [6, 6.07) is 19.7. The van der Waals surface area contributed by atoms with Crippen LogP contribution in [0.25, 0.3) is 11.5 Å². The minimum Gasteiger partial charge on any atom is -0.415 e. The van der Waals surface area contributed by atoms with Gasteiger partial charge in [-0.1, -0.05) is 30.3 Å². The highest BCUT2D eigenvalue weighted by Gasteiger charge is 2.29. The number of Topliss-reactive ketones (excluding diaryl/α,β-unsaturated/α-hetero) is 1. The first kappa shape index (κ1) is 48.7. The summed E-state index contributed by atoms with van der Waals surface area (Å²) in [5.41, 5.74) is 7.14. The quantitative estimate of drug-likeness (QED) is 0.0973. The van der Waals surface area contributed by atoms with Crippen molar-refractivity contribution >= 4 is 35.1 Å². The van der Waals surface area contributed by atoms with E-state index in [0.29, 0.717) is 37.4 Å². The first-order valence-electron chi connectivity index (χ1n) is 23.5. The van der Waals surface area contributed by atoms with Crippen LogP contribution in [0.5, 0.6) is 0 Å². The molecule has 0 spiro atoms. The molecule has 5 amide bonds. The van der Waals surface area contributed by atoms with Crippen LogP contribution >= 0.6 is 0 Å². The molecule has 2 aliphatic carbocycles. The number of nitrogens with zero attached hydrogens (tertiary/aromatic N) is 6. The Balaban J connectivity index is 0.000000186. The number of aromatic nitrogens is 2. The number of alkyl halides is 4. The summed E-state index contributed by atoms with van der Waals surface area (Å²) in [4.78, 5) is 57.0. The highest BCUT2D eigenvalue weighted by Crippen LogP contribution is 2.32. The van der Waals surface area contributed by atoms with E-state index in [2.05, 4.69) is 16.3 Å². The van der Waals surface area contributed by atoms with Gasteiger partial charge in [0.1, 0.15) is 11.6 Å². The SMILES string of the molecule is O=C(CNC(=O)C(F)F)c1ccc(CN(C(=O)N2CCCCC2)c2ccc3c(c2)CCC3)c(F)c1.O=C(N1CCCCC1)N(Cc1ccc(-c2nnc(C(F)F)o2)cc1F)c1ccc2c(c1)CCC2. The number of hydrogen-bond donors (Lipinski definition) is 1. The summed E-state index contributed by atoms with van der Waals surface area (Å²) < 4.78 is 85.2. The standard InChI is InChI=1S/C26H28F3N3O3.C25H25F3N4O2/c27-22-14-19(23(33)15-30-25(34)24(28)29)7-8-20(22)16-32(26(35)31-11-2-1-3-12-31)21-10-9-17-5-4-6-18(17)13-21;26-21-14-18(23-29-30-24(34-23)22(27)28)7-8-19(21)15-32(25(33)31-11-2-1-3-12-31)20-10-9-16-5-4-6-17(16)13-20/h7-10,13-14,24H,1-6,11-12,15-16H2,(H,30,34);7-10,13-14,22H,1-6,11-12,15H2. The summed E-state index contributed by atoms with van der Waals surface area (Å²) in [5, 5.41) is 8.68. The summed E-state index contributed by atoms with van der Waals surface area (Å²) in [5.74, 6) is -4.50. The van der Waals surface area contributed by atoms with Crippen LogP contribution in [0.15, 0.2) is 77.2 Å². The molecule has 0 unspecified atom stereocenters. The third kappa shape index (κ3) is 11.8. The van der Waals surface area contributed by atoms with Crippen LogP contribution in [0.1, 0.15) is 107 Å². The molecular weight excluding hydrogens is 905 g/mol. The molecule has 5 aromatic rings. The minimum absolute atomic E-state index is 0.0173. The zero-order valence-electron chi connectivity index (χ0n) is 38.0. The average Bonchev–Trinajstić information content (AvgIpc) is 4.17. The number of hydrogen-bond acceptors (Lipinski definition) is 7. The number of benzene rings is 4. The normalized spacial score (nSPS) is 15.4. The molecule has 0 saturated carbocycles. The topological polar surface area (TPSA) is 132 Å². The Kier molecular flexibility index (Phi) is 15.6.